The fraction of sp³-hybridized carbons (Fsp3) is 0.769. The summed E-state index contributed by atoms with van der Waals surface area (Å²) in [4.78, 5) is 14.0. The standard InChI is InChI=1S/C13H21NO/c1-11(15)13-9-5-6-10-14(13)12-7-3-2-4-8-12/h3,7,12-13H,2,4-6,8-10H2,1H3. The normalized spacial score (nSPS) is 32.9. The number of ketones is 1. The molecule has 2 unspecified atom stereocenters. The van der Waals surface area contributed by atoms with Gasteiger partial charge in [-0.05, 0) is 45.6 Å². The van der Waals surface area contributed by atoms with Crippen molar-refractivity contribution >= 4 is 5.78 Å². The van der Waals surface area contributed by atoms with E-state index in [0.29, 0.717) is 11.8 Å². The lowest BCUT2D eigenvalue weighted by molar-refractivity contribution is -0.124. The lowest BCUT2D eigenvalue weighted by atomic mass is 9.93. The van der Waals surface area contributed by atoms with E-state index in [0.717, 1.165) is 13.0 Å². The Morgan fingerprint density at radius 2 is 2.13 bits per heavy atom. The zero-order chi connectivity index (χ0) is 10.7. The molecule has 1 fully saturated rings. The van der Waals surface area contributed by atoms with Gasteiger partial charge in [-0.25, -0.2) is 0 Å². The minimum absolute atomic E-state index is 0.200. The highest BCUT2D eigenvalue weighted by Gasteiger charge is 2.30. The smallest absolute Gasteiger partial charge is 0.146 e. The van der Waals surface area contributed by atoms with E-state index in [1.165, 1.54) is 32.1 Å². The van der Waals surface area contributed by atoms with E-state index in [-0.39, 0.29) is 6.04 Å². The molecule has 1 saturated heterocycles. The predicted molar refractivity (Wildman–Crippen MR) is 61.8 cm³/mol. The second kappa shape index (κ2) is 4.93. The third-order valence-corrected chi connectivity index (χ3v) is 3.67. The molecule has 0 N–H and O–H groups in total. The monoisotopic (exact) mass is 207 g/mol. The van der Waals surface area contributed by atoms with Crippen LogP contribution in [0.5, 0.6) is 0 Å². The molecule has 0 radical (unpaired) electrons. The average Bonchev–Trinajstić information content (AvgIpc) is 2.30. The maximum Gasteiger partial charge on any atom is 0.146 e. The zero-order valence-electron chi connectivity index (χ0n) is 9.61. The summed E-state index contributed by atoms with van der Waals surface area (Å²) in [7, 11) is 0. The van der Waals surface area contributed by atoms with Gasteiger partial charge >= 0.3 is 0 Å². The molecule has 1 aliphatic heterocycles. The minimum Gasteiger partial charge on any atom is -0.298 e. The van der Waals surface area contributed by atoms with Crippen molar-refractivity contribution in [1.29, 1.82) is 0 Å². The number of carbonyl (C=O) groups is 1. The molecule has 2 rings (SSSR count). The molecule has 0 spiro atoms. The fourth-order valence-corrected chi connectivity index (χ4v) is 2.86. The van der Waals surface area contributed by atoms with E-state index in [1.54, 1.807) is 6.92 Å². The number of Topliss-reactive ketones (excluding diaryl/α,β-unsaturated/α-hetero) is 1. The number of piperidine rings is 1. The number of carbonyl (C=O) groups excluding carboxylic acids is 1. The Morgan fingerprint density at radius 3 is 2.80 bits per heavy atom. The first-order valence-corrected chi connectivity index (χ1v) is 6.22. The first-order chi connectivity index (χ1) is 7.29. The van der Waals surface area contributed by atoms with Gasteiger partial charge in [0.2, 0.25) is 0 Å². The van der Waals surface area contributed by atoms with Crippen LogP contribution in [-0.2, 0) is 4.79 Å². The second-order valence-electron chi connectivity index (χ2n) is 4.79. The Bertz CT molecular complexity index is 259. The third-order valence-electron chi connectivity index (χ3n) is 3.67. The Balaban J connectivity index is 2.06. The lowest BCUT2D eigenvalue weighted by Gasteiger charge is -2.39. The van der Waals surface area contributed by atoms with E-state index in [1.807, 2.05) is 0 Å². The van der Waals surface area contributed by atoms with Gasteiger partial charge in [0.25, 0.3) is 0 Å². The third kappa shape index (κ3) is 2.49. The van der Waals surface area contributed by atoms with Crippen molar-refractivity contribution in [2.24, 2.45) is 0 Å². The first-order valence-electron chi connectivity index (χ1n) is 6.22. The molecule has 0 bridgehead atoms. The van der Waals surface area contributed by atoms with Crippen molar-refractivity contribution in [3.63, 3.8) is 0 Å². The molecule has 0 aromatic carbocycles. The number of hydrogen-bond donors (Lipinski definition) is 0. The Hall–Kier alpha value is -0.630. The van der Waals surface area contributed by atoms with Crippen LogP contribution in [0.15, 0.2) is 12.2 Å². The van der Waals surface area contributed by atoms with Crippen LogP contribution in [0.1, 0.15) is 45.4 Å². The van der Waals surface area contributed by atoms with Crippen molar-refractivity contribution in [2.75, 3.05) is 6.54 Å². The number of rotatable bonds is 2. The summed E-state index contributed by atoms with van der Waals surface area (Å²) in [5.74, 6) is 0.355. The maximum absolute atomic E-state index is 11.6. The summed E-state index contributed by atoms with van der Waals surface area (Å²) in [6, 6.07) is 0.736. The largest absolute Gasteiger partial charge is 0.298 e. The number of likely N-dealkylation sites (tertiary alicyclic amines) is 1. The van der Waals surface area contributed by atoms with Crippen LogP contribution in [-0.4, -0.2) is 29.3 Å². The first kappa shape index (κ1) is 10.9. The van der Waals surface area contributed by atoms with Gasteiger partial charge in [-0.3, -0.25) is 9.69 Å². The molecular weight excluding hydrogens is 186 g/mol. The van der Waals surface area contributed by atoms with E-state index in [4.69, 9.17) is 0 Å². The summed E-state index contributed by atoms with van der Waals surface area (Å²) in [5.41, 5.74) is 0. The molecule has 1 heterocycles. The van der Waals surface area contributed by atoms with Gasteiger partial charge < -0.3 is 0 Å². The molecule has 0 amide bonds. The maximum atomic E-state index is 11.6. The molecule has 1 aliphatic carbocycles. The SMILES string of the molecule is CC(=O)C1CCCCN1C1C=CCCC1. The highest BCUT2D eigenvalue weighted by molar-refractivity contribution is 5.81. The van der Waals surface area contributed by atoms with Gasteiger partial charge in [0.1, 0.15) is 5.78 Å². The molecule has 0 aromatic rings. The van der Waals surface area contributed by atoms with Crippen molar-refractivity contribution in [1.82, 2.24) is 4.90 Å². The van der Waals surface area contributed by atoms with Gasteiger partial charge in [0.15, 0.2) is 0 Å². The van der Waals surface area contributed by atoms with Crippen LogP contribution >= 0.6 is 0 Å². The van der Waals surface area contributed by atoms with Gasteiger partial charge in [-0.2, -0.15) is 0 Å². The zero-order valence-corrected chi connectivity index (χ0v) is 9.61. The summed E-state index contributed by atoms with van der Waals surface area (Å²) < 4.78 is 0. The van der Waals surface area contributed by atoms with Crippen molar-refractivity contribution < 1.29 is 4.79 Å². The van der Waals surface area contributed by atoms with Gasteiger partial charge in [0, 0.05) is 6.04 Å². The van der Waals surface area contributed by atoms with Crippen LogP contribution in [0.4, 0.5) is 0 Å². The predicted octanol–water partition coefficient (Wildman–Crippen LogP) is 2.54. The summed E-state index contributed by atoms with van der Waals surface area (Å²) in [6.07, 6.45) is 11.9. The Labute approximate surface area is 92.3 Å². The number of hydrogen-bond acceptors (Lipinski definition) is 2. The topological polar surface area (TPSA) is 20.3 Å². The average molecular weight is 207 g/mol. The van der Waals surface area contributed by atoms with Crippen LogP contribution in [0.2, 0.25) is 0 Å². The molecule has 15 heavy (non-hydrogen) atoms. The van der Waals surface area contributed by atoms with E-state index in [2.05, 4.69) is 17.1 Å². The molecule has 2 atom stereocenters. The van der Waals surface area contributed by atoms with Gasteiger partial charge in [-0.1, -0.05) is 18.6 Å². The Morgan fingerprint density at radius 1 is 1.27 bits per heavy atom. The summed E-state index contributed by atoms with van der Waals surface area (Å²) in [6.45, 7) is 2.86. The summed E-state index contributed by atoms with van der Waals surface area (Å²) >= 11 is 0. The molecule has 84 valence electrons. The van der Waals surface area contributed by atoms with Crippen molar-refractivity contribution in [3.05, 3.63) is 12.2 Å². The van der Waals surface area contributed by atoms with Crippen molar-refractivity contribution in [3.8, 4) is 0 Å². The van der Waals surface area contributed by atoms with Crippen LogP contribution in [0, 0.1) is 0 Å². The highest BCUT2D eigenvalue weighted by Crippen LogP contribution is 2.25. The number of allylic oxidation sites excluding steroid dienone is 1. The van der Waals surface area contributed by atoms with E-state index < -0.39 is 0 Å². The molecular formula is C13H21NO. The molecule has 2 heteroatoms. The van der Waals surface area contributed by atoms with Crippen molar-refractivity contribution in [2.45, 2.75) is 57.5 Å². The highest BCUT2D eigenvalue weighted by atomic mass is 16.1. The second-order valence-corrected chi connectivity index (χ2v) is 4.79. The van der Waals surface area contributed by atoms with Crippen LogP contribution in [0.25, 0.3) is 0 Å². The molecule has 2 aliphatic rings. The molecule has 2 nitrogen and oxygen atoms in total. The number of nitrogens with zero attached hydrogens (tertiary/aromatic N) is 1. The van der Waals surface area contributed by atoms with Crippen LogP contribution < -0.4 is 0 Å². The fourth-order valence-electron chi connectivity index (χ4n) is 2.86. The quantitative estimate of drug-likeness (QED) is 0.649. The summed E-state index contributed by atoms with van der Waals surface area (Å²) in [5, 5.41) is 0. The van der Waals surface area contributed by atoms with E-state index >= 15 is 0 Å². The van der Waals surface area contributed by atoms with Gasteiger partial charge in [-0.15, -0.1) is 0 Å². The lowest BCUT2D eigenvalue weighted by Crippen LogP contribution is -2.49. The van der Waals surface area contributed by atoms with Crippen LogP contribution in [0.3, 0.4) is 0 Å². The minimum atomic E-state index is 0.200. The van der Waals surface area contributed by atoms with E-state index in [9.17, 15) is 4.79 Å². The molecule has 0 saturated carbocycles. The molecule has 0 aromatic heterocycles. The Kier molecular flexibility index (Phi) is 3.57. The van der Waals surface area contributed by atoms with Gasteiger partial charge in [0.05, 0.1) is 6.04 Å².